The number of nitrogens with zero attached hydrogens (tertiary/aromatic N) is 2. The molecular weight excluding hydrogens is 114 g/mol. The van der Waals surface area contributed by atoms with E-state index in [9.17, 15) is 0 Å². The summed E-state index contributed by atoms with van der Waals surface area (Å²) >= 11 is 0. The SMILES string of the molecule is [CH2-][N]CCc1ncc[nH]1. The lowest BCUT2D eigenvalue weighted by Crippen LogP contribution is -2.01. The van der Waals surface area contributed by atoms with Crippen molar-refractivity contribution in [2.24, 2.45) is 0 Å². The van der Waals surface area contributed by atoms with Gasteiger partial charge in [0.15, 0.2) is 0 Å². The minimum absolute atomic E-state index is 0.744. The average Bonchev–Trinajstić information content (AvgIpc) is 2.34. The lowest BCUT2D eigenvalue weighted by Gasteiger charge is -1.96. The summed E-state index contributed by atoms with van der Waals surface area (Å²) in [6, 6.07) is 0. The number of aromatic nitrogens is 2. The standard InChI is InChI=1S/C6H9N3/c1-7-3-2-6-8-4-5-9-6/h4-5H,1-3H2,(H,8,9)/q-1. The maximum atomic E-state index is 4.01. The molecule has 3 heteroatoms. The molecular formula is C6H9N3-. The van der Waals surface area contributed by atoms with Crippen LogP contribution in [-0.4, -0.2) is 16.5 Å². The molecule has 0 saturated carbocycles. The molecule has 9 heavy (non-hydrogen) atoms. The number of nitrogens with one attached hydrogen (secondary N) is 1. The Kier molecular flexibility index (Phi) is 2.27. The molecule has 0 aliphatic carbocycles. The van der Waals surface area contributed by atoms with Gasteiger partial charge in [0.05, 0.1) is 0 Å². The first-order valence-corrected chi connectivity index (χ1v) is 2.84. The van der Waals surface area contributed by atoms with E-state index in [-0.39, 0.29) is 0 Å². The van der Waals surface area contributed by atoms with E-state index in [0.29, 0.717) is 0 Å². The van der Waals surface area contributed by atoms with Crippen LogP contribution in [0.4, 0.5) is 0 Å². The molecule has 0 amide bonds. The minimum Gasteiger partial charge on any atom is -0.424 e. The topological polar surface area (TPSA) is 42.8 Å². The Morgan fingerprint density at radius 2 is 2.67 bits per heavy atom. The Hall–Kier alpha value is -0.830. The Morgan fingerprint density at radius 1 is 1.78 bits per heavy atom. The fraction of sp³-hybridized carbons (Fsp3) is 0.333. The fourth-order valence-corrected chi connectivity index (χ4v) is 0.620. The normalized spacial score (nSPS) is 9.89. The van der Waals surface area contributed by atoms with Crippen LogP contribution in [-0.2, 0) is 6.42 Å². The second kappa shape index (κ2) is 3.25. The van der Waals surface area contributed by atoms with Crippen molar-refractivity contribution in [3.8, 4) is 0 Å². The van der Waals surface area contributed by atoms with Gasteiger partial charge in [-0.05, 0) is 6.54 Å². The maximum absolute atomic E-state index is 4.01. The number of hydrogen-bond donors (Lipinski definition) is 1. The summed E-state index contributed by atoms with van der Waals surface area (Å²) in [7, 11) is 3.37. The van der Waals surface area contributed by atoms with Crippen LogP contribution in [0.5, 0.6) is 0 Å². The molecule has 0 saturated heterocycles. The van der Waals surface area contributed by atoms with Crippen LogP contribution in [0, 0.1) is 7.05 Å². The van der Waals surface area contributed by atoms with Gasteiger partial charge in [-0.2, -0.15) is 0 Å². The second-order valence-corrected chi connectivity index (χ2v) is 1.73. The van der Waals surface area contributed by atoms with Crippen molar-refractivity contribution in [2.75, 3.05) is 6.54 Å². The number of hydrogen-bond acceptors (Lipinski definition) is 1. The van der Waals surface area contributed by atoms with Crippen molar-refractivity contribution in [3.05, 3.63) is 25.3 Å². The highest BCUT2D eigenvalue weighted by Gasteiger charge is 1.88. The lowest BCUT2D eigenvalue weighted by molar-refractivity contribution is 0.783. The van der Waals surface area contributed by atoms with Gasteiger partial charge >= 0.3 is 0 Å². The van der Waals surface area contributed by atoms with Gasteiger partial charge in [-0.15, -0.1) is 0 Å². The molecule has 1 radical (unpaired) electrons. The first-order valence-electron chi connectivity index (χ1n) is 2.84. The second-order valence-electron chi connectivity index (χ2n) is 1.73. The summed E-state index contributed by atoms with van der Waals surface area (Å²) in [5.74, 6) is 0.974. The van der Waals surface area contributed by atoms with Gasteiger partial charge in [0.1, 0.15) is 5.82 Å². The predicted octanol–water partition coefficient (Wildman–Crippen LogP) is 0.348. The quantitative estimate of drug-likeness (QED) is 0.579. The fourth-order valence-electron chi connectivity index (χ4n) is 0.620. The molecule has 0 bridgehead atoms. The summed E-state index contributed by atoms with van der Waals surface area (Å²) in [6.45, 7) is 0.744. The molecule has 1 aromatic rings. The summed E-state index contributed by atoms with van der Waals surface area (Å²) in [5.41, 5.74) is 0. The van der Waals surface area contributed by atoms with E-state index < -0.39 is 0 Å². The van der Waals surface area contributed by atoms with E-state index in [2.05, 4.69) is 22.3 Å². The van der Waals surface area contributed by atoms with Gasteiger partial charge in [-0.1, -0.05) is 0 Å². The molecule has 0 atom stereocenters. The average molecular weight is 123 g/mol. The summed E-state index contributed by atoms with van der Waals surface area (Å²) < 4.78 is 0. The van der Waals surface area contributed by atoms with Gasteiger partial charge in [-0.3, -0.25) is 7.05 Å². The molecule has 0 spiro atoms. The van der Waals surface area contributed by atoms with Crippen molar-refractivity contribution < 1.29 is 0 Å². The zero-order chi connectivity index (χ0) is 6.53. The largest absolute Gasteiger partial charge is 0.424 e. The number of aromatic amines is 1. The van der Waals surface area contributed by atoms with Gasteiger partial charge in [0.25, 0.3) is 0 Å². The zero-order valence-corrected chi connectivity index (χ0v) is 5.17. The summed E-state index contributed by atoms with van der Waals surface area (Å²) in [5, 5.41) is 3.70. The first kappa shape index (κ1) is 6.29. The van der Waals surface area contributed by atoms with Crippen molar-refractivity contribution in [2.45, 2.75) is 6.42 Å². The molecule has 3 nitrogen and oxygen atoms in total. The van der Waals surface area contributed by atoms with E-state index in [4.69, 9.17) is 0 Å². The molecule has 1 rings (SSSR count). The number of H-pyrrole nitrogens is 1. The monoisotopic (exact) mass is 123 g/mol. The summed E-state index contributed by atoms with van der Waals surface area (Å²) in [6.07, 6.45) is 4.40. The van der Waals surface area contributed by atoms with Crippen LogP contribution in [0.3, 0.4) is 0 Å². The number of rotatable bonds is 3. The van der Waals surface area contributed by atoms with E-state index in [0.717, 1.165) is 18.8 Å². The van der Waals surface area contributed by atoms with E-state index in [1.165, 1.54) is 0 Å². The molecule has 0 unspecified atom stereocenters. The van der Waals surface area contributed by atoms with Crippen LogP contribution in [0.15, 0.2) is 12.4 Å². The highest BCUT2D eigenvalue weighted by Crippen LogP contribution is 1.87. The van der Waals surface area contributed by atoms with E-state index >= 15 is 0 Å². The highest BCUT2D eigenvalue weighted by atomic mass is 14.9. The van der Waals surface area contributed by atoms with Crippen LogP contribution >= 0.6 is 0 Å². The third-order valence-corrected chi connectivity index (χ3v) is 1.06. The maximum Gasteiger partial charge on any atom is 0.107 e. The number of imidazole rings is 1. The Labute approximate surface area is 54.5 Å². The Morgan fingerprint density at radius 3 is 3.22 bits per heavy atom. The molecule has 0 aliphatic rings. The van der Waals surface area contributed by atoms with Crippen LogP contribution in [0.2, 0.25) is 0 Å². The molecule has 1 heterocycles. The van der Waals surface area contributed by atoms with E-state index in [1.54, 1.807) is 12.4 Å². The van der Waals surface area contributed by atoms with Crippen molar-refractivity contribution in [3.63, 3.8) is 0 Å². The molecule has 0 aliphatic heterocycles. The third kappa shape index (κ3) is 1.85. The van der Waals surface area contributed by atoms with Crippen LogP contribution in [0.25, 0.3) is 0 Å². The predicted molar refractivity (Wildman–Crippen MR) is 34.6 cm³/mol. The molecule has 1 N–H and O–H groups in total. The van der Waals surface area contributed by atoms with Crippen molar-refractivity contribution in [1.82, 2.24) is 15.3 Å². The highest BCUT2D eigenvalue weighted by molar-refractivity contribution is 4.87. The Bertz CT molecular complexity index is 145. The van der Waals surface area contributed by atoms with Gasteiger partial charge < -0.3 is 10.3 Å². The molecule has 1 aromatic heterocycles. The smallest absolute Gasteiger partial charge is 0.107 e. The van der Waals surface area contributed by atoms with Gasteiger partial charge in [-0.25, -0.2) is 4.98 Å². The molecule has 49 valence electrons. The van der Waals surface area contributed by atoms with Gasteiger partial charge in [0, 0.05) is 18.8 Å². The molecule has 0 fully saturated rings. The Balaban J connectivity index is 2.30. The van der Waals surface area contributed by atoms with Crippen molar-refractivity contribution in [1.29, 1.82) is 0 Å². The lowest BCUT2D eigenvalue weighted by atomic mass is 10.4. The van der Waals surface area contributed by atoms with E-state index in [1.807, 2.05) is 0 Å². The first-order chi connectivity index (χ1) is 4.43. The minimum atomic E-state index is 0.744. The van der Waals surface area contributed by atoms with Crippen LogP contribution in [0.1, 0.15) is 5.82 Å². The zero-order valence-electron chi connectivity index (χ0n) is 5.17. The summed E-state index contributed by atoms with van der Waals surface area (Å²) in [4.78, 5) is 6.98. The molecule has 0 aromatic carbocycles. The van der Waals surface area contributed by atoms with Crippen molar-refractivity contribution >= 4 is 0 Å². The van der Waals surface area contributed by atoms with Gasteiger partial charge in [0.2, 0.25) is 0 Å². The third-order valence-electron chi connectivity index (χ3n) is 1.06. The van der Waals surface area contributed by atoms with Crippen LogP contribution < -0.4 is 5.32 Å².